The number of ether oxygens (including phenoxy) is 1. The smallest absolute Gasteiger partial charge is 0.333 e. The van der Waals surface area contributed by atoms with Crippen LogP contribution in [0.15, 0.2) is 30.3 Å². The third-order valence-electron chi connectivity index (χ3n) is 4.13. The number of nitrogens with one attached hydrogen (secondary N) is 1. The number of methoxy groups -OCH3 is 1. The standard InChI is InChI=1S/C17H23NO3/c1-21-17(20)16(14-9-3-2-4-10-14)18-15(19)12-11-13-7-5-6-8-13/h2-4,9-10,13,16H,5-8,11-12H2,1H3,(H,18,19). The maximum atomic E-state index is 12.1. The van der Waals surface area contributed by atoms with E-state index in [1.165, 1.54) is 32.8 Å². The molecule has 21 heavy (non-hydrogen) atoms. The molecule has 114 valence electrons. The molecule has 0 spiro atoms. The first-order valence-electron chi connectivity index (χ1n) is 7.63. The van der Waals surface area contributed by atoms with Crippen LogP contribution in [0, 0.1) is 5.92 Å². The maximum Gasteiger partial charge on any atom is 0.333 e. The van der Waals surface area contributed by atoms with Gasteiger partial charge in [0.05, 0.1) is 7.11 Å². The zero-order valence-corrected chi connectivity index (χ0v) is 12.5. The monoisotopic (exact) mass is 289 g/mol. The van der Waals surface area contributed by atoms with Crippen LogP contribution in [-0.2, 0) is 14.3 Å². The van der Waals surface area contributed by atoms with Crippen molar-refractivity contribution >= 4 is 11.9 Å². The molecule has 0 aliphatic heterocycles. The molecule has 0 radical (unpaired) electrons. The average molecular weight is 289 g/mol. The van der Waals surface area contributed by atoms with Crippen LogP contribution in [0.25, 0.3) is 0 Å². The number of amides is 1. The molecule has 0 aromatic heterocycles. The van der Waals surface area contributed by atoms with Gasteiger partial charge in [0.25, 0.3) is 0 Å². The number of esters is 1. The Morgan fingerprint density at radius 3 is 2.52 bits per heavy atom. The minimum Gasteiger partial charge on any atom is -0.467 e. The first-order chi connectivity index (χ1) is 10.2. The molecule has 1 saturated carbocycles. The average Bonchev–Trinajstić information content (AvgIpc) is 3.04. The van der Waals surface area contributed by atoms with E-state index in [0.717, 1.165) is 12.0 Å². The molecule has 1 fully saturated rings. The number of hydrogen-bond donors (Lipinski definition) is 1. The normalized spacial score (nSPS) is 16.4. The van der Waals surface area contributed by atoms with Crippen LogP contribution in [-0.4, -0.2) is 19.0 Å². The Hall–Kier alpha value is -1.84. The number of rotatable bonds is 6. The highest BCUT2D eigenvalue weighted by Gasteiger charge is 2.24. The highest BCUT2D eigenvalue weighted by atomic mass is 16.5. The van der Waals surface area contributed by atoms with Gasteiger partial charge in [0.15, 0.2) is 6.04 Å². The highest BCUT2D eigenvalue weighted by Crippen LogP contribution is 2.28. The Kier molecular flexibility index (Phi) is 5.78. The van der Waals surface area contributed by atoms with Crippen molar-refractivity contribution in [3.05, 3.63) is 35.9 Å². The zero-order chi connectivity index (χ0) is 15.1. The summed E-state index contributed by atoms with van der Waals surface area (Å²) >= 11 is 0. The Morgan fingerprint density at radius 2 is 1.90 bits per heavy atom. The van der Waals surface area contributed by atoms with Crippen molar-refractivity contribution < 1.29 is 14.3 Å². The van der Waals surface area contributed by atoms with Gasteiger partial charge in [0.1, 0.15) is 0 Å². The van der Waals surface area contributed by atoms with E-state index in [4.69, 9.17) is 4.74 Å². The van der Waals surface area contributed by atoms with E-state index in [2.05, 4.69) is 5.32 Å². The summed E-state index contributed by atoms with van der Waals surface area (Å²) < 4.78 is 4.79. The van der Waals surface area contributed by atoms with Gasteiger partial charge in [0.2, 0.25) is 5.91 Å². The highest BCUT2D eigenvalue weighted by molar-refractivity contribution is 5.85. The summed E-state index contributed by atoms with van der Waals surface area (Å²) in [4.78, 5) is 24.0. The molecular formula is C17H23NO3. The van der Waals surface area contributed by atoms with Crippen molar-refractivity contribution in [2.45, 2.75) is 44.6 Å². The summed E-state index contributed by atoms with van der Waals surface area (Å²) in [7, 11) is 1.34. The molecule has 0 heterocycles. The van der Waals surface area contributed by atoms with Gasteiger partial charge >= 0.3 is 5.97 Å². The van der Waals surface area contributed by atoms with Crippen LogP contribution in [0.5, 0.6) is 0 Å². The van der Waals surface area contributed by atoms with Gasteiger partial charge < -0.3 is 10.1 Å². The molecule has 1 amide bonds. The molecule has 0 bridgehead atoms. The summed E-state index contributed by atoms with van der Waals surface area (Å²) in [5.41, 5.74) is 0.749. The molecule has 1 aromatic carbocycles. The molecule has 0 saturated heterocycles. The minimum atomic E-state index is -0.715. The molecule has 1 aromatic rings. The maximum absolute atomic E-state index is 12.1. The van der Waals surface area contributed by atoms with Gasteiger partial charge in [-0.2, -0.15) is 0 Å². The van der Waals surface area contributed by atoms with E-state index < -0.39 is 12.0 Å². The first-order valence-corrected chi connectivity index (χ1v) is 7.63. The summed E-state index contributed by atoms with van der Waals surface area (Å²) in [6.45, 7) is 0. The van der Waals surface area contributed by atoms with Crippen LogP contribution in [0.2, 0.25) is 0 Å². The third-order valence-corrected chi connectivity index (χ3v) is 4.13. The van der Waals surface area contributed by atoms with E-state index >= 15 is 0 Å². The summed E-state index contributed by atoms with van der Waals surface area (Å²) in [6.07, 6.45) is 6.40. The second kappa shape index (κ2) is 7.81. The van der Waals surface area contributed by atoms with Crippen LogP contribution in [0.4, 0.5) is 0 Å². The van der Waals surface area contributed by atoms with Gasteiger partial charge in [-0.25, -0.2) is 4.79 Å². The van der Waals surface area contributed by atoms with Crippen molar-refractivity contribution in [1.82, 2.24) is 5.32 Å². The summed E-state index contributed by atoms with van der Waals surface area (Å²) in [5, 5.41) is 2.79. The van der Waals surface area contributed by atoms with E-state index in [0.29, 0.717) is 12.3 Å². The fraction of sp³-hybridized carbons (Fsp3) is 0.529. The van der Waals surface area contributed by atoms with Gasteiger partial charge in [0, 0.05) is 6.42 Å². The van der Waals surface area contributed by atoms with Crippen molar-refractivity contribution in [2.75, 3.05) is 7.11 Å². The Bertz CT molecular complexity index is 466. The van der Waals surface area contributed by atoms with Gasteiger partial charge in [-0.05, 0) is 17.9 Å². The summed E-state index contributed by atoms with van der Waals surface area (Å²) in [5.74, 6) is 0.153. The quantitative estimate of drug-likeness (QED) is 0.819. The predicted octanol–water partition coefficient (Wildman–Crippen LogP) is 2.99. The SMILES string of the molecule is COC(=O)C(NC(=O)CCC1CCCC1)c1ccccc1. The van der Waals surface area contributed by atoms with E-state index in [9.17, 15) is 9.59 Å². The lowest BCUT2D eigenvalue weighted by Gasteiger charge is -2.17. The second-order valence-corrected chi connectivity index (χ2v) is 5.62. The largest absolute Gasteiger partial charge is 0.467 e. The van der Waals surface area contributed by atoms with Crippen LogP contribution in [0.3, 0.4) is 0 Å². The second-order valence-electron chi connectivity index (χ2n) is 5.62. The predicted molar refractivity (Wildman–Crippen MR) is 80.5 cm³/mol. The van der Waals surface area contributed by atoms with E-state index in [-0.39, 0.29) is 5.91 Å². The van der Waals surface area contributed by atoms with Crippen molar-refractivity contribution in [3.8, 4) is 0 Å². The Morgan fingerprint density at radius 1 is 1.24 bits per heavy atom. The fourth-order valence-electron chi connectivity index (χ4n) is 2.91. The Labute approximate surface area is 125 Å². The van der Waals surface area contributed by atoms with Crippen LogP contribution >= 0.6 is 0 Å². The topological polar surface area (TPSA) is 55.4 Å². The fourth-order valence-corrected chi connectivity index (χ4v) is 2.91. The molecule has 4 nitrogen and oxygen atoms in total. The molecule has 1 atom stereocenters. The lowest BCUT2D eigenvalue weighted by atomic mass is 10.0. The molecule has 1 N–H and O–H groups in total. The van der Waals surface area contributed by atoms with Gasteiger partial charge in [-0.3, -0.25) is 4.79 Å². The van der Waals surface area contributed by atoms with Crippen LogP contribution < -0.4 is 5.32 Å². The molecule has 2 rings (SSSR count). The lowest BCUT2D eigenvalue weighted by Crippen LogP contribution is -2.34. The van der Waals surface area contributed by atoms with E-state index in [1.807, 2.05) is 30.3 Å². The number of carbonyl (C=O) groups is 2. The van der Waals surface area contributed by atoms with Crippen molar-refractivity contribution in [3.63, 3.8) is 0 Å². The first kappa shape index (κ1) is 15.5. The van der Waals surface area contributed by atoms with Gasteiger partial charge in [-0.15, -0.1) is 0 Å². The number of hydrogen-bond acceptors (Lipinski definition) is 3. The number of carbonyl (C=O) groups excluding carboxylic acids is 2. The molecule has 1 aliphatic carbocycles. The zero-order valence-electron chi connectivity index (χ0n) is 12.5. The summed E-state index contributed by atoms with van der Waals surface area (Å²) in [6, 6.07) is 8.48. The van der Waals surface area contributed by atoms with Crippen molar-refractivity contribution in [2.24, 2.45) is 5.92 Å². The molecule has 4 heteroatoms. The van der Waals surface area contributed by atoms with E-state index in [1.54, 1.807) is 0 Å². The minimum absolute atomic E-state index is 0.0823. The van der Waals surface area contributed by atoms with Crippen molar-refractivity contribution in [1.29, 1.82) is 0 Å². The molecule has 1 unspecified atom stereocenters. The van der Waals surface area contributed by atoms with Crippen LogP contribution in [0.1, 0.15) is 50.1 Å². The lowest BCUT2D eigenvalue weighted by molar-refractivity contribution is -0.145. The number of benzene rings is 1. The third kappa shape index (κ3) is 4.59. The molecular weight excluding hydrogens is 266 g/mol. The molecule has 1 aliphatic rings. The Balaban J connectivity index is 1.91. The van der Waals surface area contributed by atoms with Gasteiger partial charge in [-0.1, -0.05) is 56.0 Å².